The molecule has 168 valence electrons. The van der Waals surface area contributed by atoms with Gasteiger partial charge in [-0.2, -0.15) is 0 Å². The molecule has 0 bridgehead atoms. The van der Waals surface area contributed by atoms with Gasteiger partial charge in [-0.3, -0.25) is 9.10 Å². The van der Waals surface area contributed by atoms with Crippen molar-refractivity contribution in [2.45, 2.75) is 45.8 Å². The molecule has 8 heteroatoms. The summed E-state index contributed by atoms with van der Waals surface area (Å²) in [7, 11) is -3.59. The van der Waals surface area contributed by atoms with E-state index in [1.54, 1.807) is 6.07 Å². The van der Waals surface area contributed by atoms with E-state index in [4.69, 9.17) is 9.47 Å². The number of fused-ring (bicyclic) bond motifs is 1. The van der Waals surface area contributed by atoms with Crippen molar-refractivity contribution >= 4 is 21.6 Å². The molecule has 1 atom stereocenters. The second-order valence-electron chi connectivity index (χ2n) is 8.63. The molecule has 31 heavy (non-hydrogen) atoms. The summed E-state index contributed by atoms with van der Waals surface area (Å²) in [4.78, 5) is 12.8. The fourth-order valence-electron chi connectivity index (χ4n) is 3.34. The van der Waals surface area contributed by atoms with Gasteiger partial charge in [-0.15, -0.1) is 0 Å². The number of hydrogen-bond acceptors (Lipinski definition) is 5. The number of hydrogen-bond donors (Lipinski definition) is 1. The van der Waals surface area contributed by atoms with Crippen LogP contribution in [0.2, 0.25) is 0 Å². The molecule has 0 radical (unpaired) electrons. The molecule has 0 saturated heterocycles. The third kappa shape index (κ3) is 5.50. The largest absolute Gasteiger partial charge is 0.494 e. The zero-order valence-electron chi connectivity index (χ0n) is 18.6. The van der Waals surface area contributed by atoms with Crippen LogP contribution in [-0.4, -0.2) is 39.8 Å². The summed E-state index contributed by atoms with van der Waals surface area (Å²) in [5.41, 5.74) is 2.21. The predicted molar refractivity (Wildman–Crippen MR) is 121 cm³/mol. The zero-order valence-corrected chi connectivity index (χ0v) is 19.5. The fourth-order valence-corrected chi connectivity index (χ4v) is 4.25. The molecule has 0 fully saturated rings. The summed E-state index contributed by atoms with van der Waals surface area (Å²) in [6, 6.07) is 12.9. The smallest absolute Gasteiger partial charge is 0.263 e. The van der Waals surface area contributed by atoms with Crippen molar-refractivity contribution in [3.63, 3.8) is 0 Å². The molecule has 2 aromatic carbocycles. The first-order chi connectivity index (χ1) is 14.5. The molecule has 0 spiro atoms. The first kappa shape index (κ1) is 22.9. The molecule has 0 unspecified atom stereocenters. The Morgan fingerprint density at radius 1 is 1.19 bits per heavy atom. The first-order valence-electron chi connectivity index (χ1n) is 10.3. The third-order valence-corrected chi connectivity index (χ3v) is 6.23. The van der Waals surface area contributed by atoms with E-state index in [0.717, 1.165) is 23.1 Å². The number of amides is 1. The van der Waals surface area contributed by atoms with Crippen molar-refractivity contribution in [1.29, 1.82) is 0 Å². The molecule has 0 aromatic heterocycles. The van der Waals surface area contributed by atoms with Crippen molar-refractivity contribution in [1.82, 2.24) is 5.32 Å². The highest BCUT2D eigenvalue weighted by molar-refractivity contribution is 7.92. The molecule has 2 aromatic rings. The van der Waals surface area contributed by atoms with Crippen molar-refractivity contribution < 1.29 is 22.7 Å². The van der Waals surface area contributed by atoms with Gasteiger partial charge in [0.25, 0.3) is 5.91 Å². The zero-order chi connectivity index (χ0) is 22.8. The van der Waals surface area contributed by atoms with Crippen molar-refractivity contribution in [2.75, 3.05) is 23.7 Å². The topological polar surface area (TPSA) is 84.9 Å². The SMILES string of the molecule is CCOc1ccc(CNC(=O)[C@@H]2CN(S(C)(=O)=O)c3cc(C(C)(C)C)ccc3O2)cc1. The average Bonchev–Trinajstić information content (AvgIpc) is 2.70. The van der Waals surface area contributed by atoms with E-state index in [-0.39, 0.29) is 17.9 Å². The molecule has 0 saturated carbocycles. The van der Waals surface area contributed by atoms with E-state index in [9.17, 15) is 13.2 Å². The summed E-state index contributed by atoms with van der Waals surface area (Å²) in [5, 5.41) is 2.83. The molecule has 0 aliphatic carbocycles. The fraction of sp³-hybridized carbons (Fsp3) is 0.435. The number of carbonyl (C=O) groups is 1. The Hall–Kier alpha value is -2.74. The highest BCUT2D eigenvalue weighted by Crippen LogP contribution is 2.38. The second-order valence-corrected chi connectivity index (χ2v) is 10.5. The van der Waals surface area contributed by atoms with E-state index >= 15 is 0 Å². The minimum Gasteiger partial charge on any atom is -0.494 e. The molecule has 1 N–H and O–H groups in total. The van der Waals surface area contributed by atoms with Crippen LogP contribution >= 0.6 is 0 Å². The molecule has 1 aliphatic heterocycles. The number of sulfonamides is 1. The number of nitrogens with zero attached hydrogens (tertiary/aromatic N) is 1. The number of rotatable bonds is 6. The lowest BCUT2D eigenvalue weighted by Gasteiger charge is -2.35. The highest BCUT2D eigenvalue weighted by atomic mass is 32.2. The molecular formula is C23H30N2O5S. The lowest BCUT2D eigenvalue weighted by atomic mass is 9.86. The molecule has 1 amide bonds. The Labute approximate surface area is 184 Å². The van der Waals surface area contributed by atoms with E-state index < -0.39 is 16.1 Å². The van der Waals surface area contributed by atoms with Gasteiger partial charge in [0.2, 0.25) is 10.0 Å². The van der Waals surface area contributed by atoms with Gasteiger partial charge in [0.05, 0.1) is 25.1 Å². The standard InChI is InChI=1S/C23H30N2O5S/c1-6-29-18-10-7-16(8-11-18)14-24-22(26)21-15-25(31(5,27)28)19-13-17(23(2,3)4)9-12-20(19)30-21/h7-13,21H,6,14-15H2,1-5H3,(H,24,26)/t21-/m0/s1. The van der Waals surface area contributed by atoms with Crippen LogP contribution in [0.25, 0.3) is 0 Å². The Balaban J connectivity index is 1.76. The van der Waals surface area contributed by atoms with Gasteiger partial charge < -0.3 is 14.8 Å². The van der Waals surface area contributed by atoms with Crippen molar-refractivity contribution in [2.24, 2.45) is 0 Å². The minimum absolute atomic E-state index is 0.0749. The molecule has 1 aliphatic rings. The van der Waals surface area contributed by atoms with Crippen LogP contribution in [0.15, 0.2) is 42.5 Å². The number of carbonyl (C=O) groups excluding carboxylic acids is 1. The lowest BCUT2D eigenvalue weighted by Crippen LogP contribution is -2.50. The monoisotopic (exact) mass is 446 g/mol. The van der Waals surface area contributed by atoms with E-state index in [0.29, 0.717) is 24.6 Å². The molecule has 7 nitrogen and oxygen atoms in total. The maximum Gasteiger partial charge on any atom is 0.263 e. The van der Waals surface area contributed by atoms with Crippen molar-refractivity contribution in [3.05, 3.63) is 53.6 Å². The maximum atomic E-state index is 12.8. The van der Waals surface area contributed by atoms with Crippen LogP contribution in [0.4, 0.5) is 5.69 Å². The van der Waals surface area contributed by atoms with Crippen LogP contribution in [0.5, 0.6) is 11.5 Å². The Morgan fingerprint density at radius 3 is 2.45 bits per heavy atom. The normalized spacial score (nSPS) is 16.3. The highest BCUT2D eigenvalue weighted by Gasteiger charge is 2.35. The van der Waals surface area contributed by atoms with Crippen molar-refractivity contribution in [3.8, 4) is 11.5 Å². The summed E-state index contributed by atoms with van der Waals surface area (Å²) >= 11 is 0. The summed E-state index contributed by atoms with van der Waals surface area (Å²) in [6.07, 6.45) is 0.200. The van der Waals surface area contributed by atoms with Gasteiger partial charge in [-0.25, -0.2) is 8.42 Å². The van der Waals surface area contributed by atoms with Gasteiger partial charge in [-0.1, -0.05) is 39.0 Å². The van der Waals surface area contributed by atoms with Crippen LogP contribution in [0.1, 0.15) is 38.8 Å². The van der Waals surface area contributed by atoms with Gasteiger partial charge in [0.15, 0.2) is 6.10 Å². The second kappa shape index (κ2) is 8.78. The third-order valence-electron chi connectivity index (χ3n) is 5.09. The van der Waals surface area contributed by atoms with E-state index in [1.807, 2.05) is 43.3 Å². The van der Waals surface area contributed by atoms with Gasteiger partial charge in [-0.05, 0) is 47.7 Å². The Bertz CT molecular complexity index is 1040. The van der Waals surface area contributed by atoms with Crippen LogP contribution in [0, 0.1) is 0 Å². The Morgan fingerprint density at radius 2 is 1.87 bits per heavy atom. The van der Waals surface area contributed by atoms with Crippen LogP contribution in [-0.2, 0) is 26.8 Å². The summed E-state index contributed by atoms with van der Waals surface area (Å²) in [6.45, 7) is 8.90. The Kier molecular flexibility index (Phi) is 6.50. The summed E-state index contributed by atoms with van der Waals surface area (Å²) in [5.74, 6) is 0.780. The molecular weight excluding hydrogens is 416 g/mol. The summed E-state index contributed by atoms with van der Waals surface area (Å²) < 4.78 is 37.5. The quantitative estimate of drug-likeness (QED) is 0.736. The maximum absolute atomic E-state index is 12.8. The molecule has 3 rings (SSSR count). The van der Waals surface area contributed by atoms with Gasteiger partial charge >= 0.3 is 0 Å². The van der Waals surface area contributed by atoms with Gasteiger partial charge in [0, 0.05) is 6.54 Å². The number of nitrogens with one attached hydrogen (secondary N) is 1. The van der Waals surface area contributed by atoms with E-state index in [2.05, 4.69) is 26.1 Å². The van der Waals surface area contributed by atoms with E-state index in [1.165, 1.54) is 4.31 Å². The first-order valence-corrected chi connectivity index (χ1v) is 12.1. The van der Waals surface area contributed by atoms with Crippen LogP contribution < -0.4 is 19.1 Å². The predicted octanol–water partition coefficient (Wildman–Crippen LogP) is 3.23. The van der Waals surface area contributed by atoms with Gasteiger partial charge in [0.1, 0.15) is 11.5 Å². The average molecular weight is 447 g/mol. The lowest BCUT2D eigenvalue weighted by molar-refractivity contribution is -0.127. The number of benzene rings is 2. The number of anilines is 1. The minimum atomic E-state index is -3.59. The van der Waals surface area contributed by atoms with Crippen LogP contribution in [0.3, 0.4) is 0 Å². The number of ether oxygens (including phenoxy) is 2. The molecule has 1 heterocycles.